The maximum absolute atomic E-state index is 6.23. The maximum atomic E-state index is 6.23. The van der Waals surface area contributed by atoms with Gasteiger partial charge in [-0.2, -0.15) is 0 Å². The molecule has 3 atom stereocenters. The van der Waals surface area contributed by atoms with Gasteiger partial charge in [-0.05, 0) is 52.5 Å². The van der Waals surface area contributed by atoms with Crippen LogP contribution in [0.5, 0.6) is 0 Å². The Morgan fingerprint density at radius 1 is 1.56 bits per heavy atom. The van der Waals surface area contributed by atoms with E-state index in [9.17, 15) is 0 Å². The number of rotatable bonds is 7. The molecule has 0 heterocycles. The van der Waals surface area contributed by atoms with Gasteiger partial charge in [0.05, 0.1) is 5.60 Å². The van der Waals surface area contributed by atoms with Crippen LogP contribution in [0.4, 0.5) is 0 Å². The first kappa shape index (κ1) is 15.7. The van der Waals surface area contributed by atoms with E-state index < -0.39 is 0 Å². The van der Waals surface area contributed by atoms with E-state index in [1.807, 2.05) is 0 Å². The smallest absolute Gasteiger partial charge is 0.0837 e. The molecule has 0 saturated heterocycles. The molecule has 0 aromatic carbocycles. The molecule has 1 aliphatic carbocycles. The van der Waals surface area contributed by atoms with Gasteiger partial charge >= 0.3 is 0 Å². The molecule has 18 heavy (non-hydrogen) atoms. The zero-order chi connectivity index (χ0) is 13.6. The highest BCUT2D eigenvalue weighted by atomic mass is 16.5. The third kappa shape index (κ3) is 4.10. The third-order valence-corrected chi connectivity index (χ3v) is 4.27. The lowest BCUT2D eigenvalue weighted by Crippen LogP contribution is -2.54. The summed E-state index contributed by atoms with van der Waals surface area (Å²) in [7, 11) is 2.07. The van der Waals surface area contributed by atoms with Crippen LogP contribution < -0.4 is 5.32 Å². The van der Waals surface area contributed by atoms with E-state index in [-0.39, 0.29) is 5.60 Å². The predicted molar refractivity (Wildman–Crippen MR) is 78.9 cm³/mol. The molecule has 0 amide bonds. The molecule has 1 fully saturated rings. The second-order valence-corrected chi connectivity index (χ2v) is 6.04. The Bertz CT molecular complexity index is 260. The summed E-state index contributed by atoms with van der Waals surface area (Å²) in [5.74, 6) is 0.783. The lowest BCUT2D eigenvalue weighted by molar-refractivity contribution is -0.100. The van der Waals surface area contributed by atoms with Gasteiger partial charge in [0.15, 0.2) is 0 Å². The second-order valence-electron chi connectivity index (χ2n) is 6.04. The van der Waals surface area contributed by atoms with E-state index in [0.717, 1.165) is 25.4 Å². The fourth-order valence-electron chi connectivity index (χ4n) is 3.44. The lowest BCUT2D eigenvalue weighted by atomic mass is 9.73. The van der Waals surface area contributed by atoms with Crippen molar-refractivity contribution >= 4 is 0 Å². The number of likely N-dealkylation sites (N-methyl/N-ethyl adjacent to an activating group) is 1. The Balaban J connectivity index is 2.75. The van der Waals surface area contributed by atoms with Crippen LogP contribution in [0.2, 0.25) is 0 Å². The minimum absolute atomic E-state index is 0.0522. The average molecular weight is 253 g/mol. The Morgan fingerprint density at radius 3 is 2.78 bits per heavy atom. The van der Waals surface area contributed by atoms with Gasteiger partial charge in [0, 0.05) is 12.6 Å². The summed E-state index contributed by atoms with van der Waals surface area (Å²) in [6, 6.07) is 0.455. The SMILES string of the molecule is C=C(C)CCC(NC)C1(OCC)CCCC(C)C1. The summed E-state index contributed by atoms with van der Waals surface area (Å²) in [6.07, 6.45) is 7.28. The Morgan fingerprint density at radius 2 is 2.28 bits per heavy atom. The Kier molecular flexibility index (Phi) is 6.37. The topological polar surface area (TPSA) is 21.3 Å². The van der Waals surface area contributed by atoms with Crippen LogP contribution >= 0.6 is 0 Å². The number of hydrogen-bond donors (Lipinski definition) is 1. The summed E-state index contributed by atoms with van der Waals surface area (Å²) < 4.78 is 6.23. The van der Waals surface area contributed by atoms with Crippen molar-refractivity contribution in [3.8, 4) is 0 Å². The summed E-state index contributed by atoms with van der Waals surface area (Å²) in [6.45, 7) is 11.4. The molecule has 1 N–H and O–H groups in total. The fourth-order valence-corrected chi connectivity index (χ4v) is 3.44. The van der Waals surface area contributed by atoms with Gasteiger partial charge in [-0.3, -0.25) is 0 Å². The van der Waals surface area contributed by atoms with Crippen LogP contribution in [0.15, 0.2) is 12.2 Å². The molecule has 0 spiro atoms. The van der Waals surface area contributed by atoms with Crippen molar-refractivity contribution in [3.63, 3.8) is 0 Å². The number of allylic oxidation sites excluding steroid dienone is 1. The zero-order valence-electron chi connectivity index (χ0n) is 12.7. The first-order valence-corrected chi connectivity index (χ1v) is 7.49. The molecule has 1 rings (SSSR count). The highest BCUT2D eigenvalue weighted by Gasteiger charge is 2.41. The van der Waals surface area contributed by atoms with E-state index in [2.05, 4.69) is 39.7 Å². The van der Waals surface area contributed by atoms with Gasteiger partial charge in [0.1, 0.15) is 0 Å². The van der Waals surface area contributed by atoms with Crippen LogP contribution in [-0.2, 0) is 4.74 Å². The van der Waals surface area contributed by atoms with Crippen LogP contribution in [0.1, 0.15) is 59.3 Å². The van der Waals surface area contributed by atoms with E-state index in [1.54, 1.807) is 0 Å². The number of nitrogens with one attached hydrogen (secondary N) is 1. The molecule has 0 aromatic heterocycles. The molecule has 1 saturated carbocycles. The van der Waals surface area contributed by atoms with Gasteiger partial charge in [0.25, 0.3) is 0 Å². The molecular weight excluding hydrogens is 222 g/mol. The van der Waals surface area contributed by atoms with Gasteiger partial charge in [-0.1, -0.05) is 25.3 Å². The Hall–Kier alpha value is -0.340. The molecule has 106 valence electrons. The van der Waals surface area contributed by atoms with Crippen molar-refractivity contribution < 1.29 is 4.74 Å². The highest BCUT2D eigenvalue weighted by Crippen LogP contribution is 2.39. The minimum Gasteiger partial charge on any atom is -0.374 e. The van der Waals surface area contributed by atoms with Crippen molar-refractivity contribution in [1.29, 1.82) is 0 Å². The first-order chi connectivity index (χ1) is 8.54. The summed E-state index contributed by atoms with van der Waals surface area (Å²) >= 11 is 0. The van der Waals surface area contributed by atoms with Crippen LogP contribution in [-0.4, -0.2) is 25.3 Å². The predicted octanol–water partition coefficient (Wildman–Crippen LogP) is 3.92. The molecule has 2 nitrogen and oxygen atoms in total. The molecule has 0 bridgehead atoms. The first-order valence-electron chi connectivity index (χ1n) is 7.49. The van der Waals surface area contributed by atoms with E-state index in [0.29, 0.717) is 6.04 Å². The van der Waals surface area contributed by atoms with Crippen molar-refractivity contribution in [3.05, 3.63) is 12.2 Å². The molecule has 2 heteroatoms. The second kappa shape index (κ2) is 7.30. The monoisotopic (exact) mass is 253 g/mol. The minimum atomic E-state index is 0.0522. The van der Waals surface area contributed by atoms with Crippen LogP contribution in [0, 0.1) is 5.92 Å². The van der Waals surface area contributed by atoms with Gasteiger partial charge in [-0.15, -0.1) is 6.58 Å². The van der Waals surface area contributed by atoms with Gasteiger partial charge in [-0.25, -0.2) is 0 Å². The molecule has 1 aliphatic rings. The quantitative estimate of drug-likeness (QED) is 0.694. The van der Waals surface area contributed by atoms with Crippen LogP contribution in [0.3, 0.4) is 0 Å². The fraction of sp³-hybridized carbons (Fsp3) is 0.875. The standard InChI is InChI=1S/C16H31NO/c1-6-18-16(11-7-8-14(4)12-16)15(17-5)10-9-13(2)3/h14-15,17H,2,6-12H2,1,3-5H3. The van der Waals surface area contributed by atoms with Gasteiger partial charge in [0.2, 0.25) is 0 Å². The number of hydrogen-bond acceptors (Lipinski definition) is 2. The van der Waals surface area contributed by atoms with Crippen molar-refractivity contribution in [2.75, 3.05) is 13.7 Å². The van der Waals surface area contributed by atoms with Crippen molar-refractivity contribution in [1.82, 2.24) is 5.32 Å². The summed E-state index contributed by atoms with van der Waals surface area (Å²) in [5.41, 5.74) is 1.32. The van der Waals surface area contributed by atoms with Crippen molar-refractivity contribution in [2.24, 2.45) is 5.92 Å². The third-order valence-electron chi connectivity index (χ3n) is 4.27. The largest absolute Gasteiger partial charge is 0.374 e. The molecule has 0 aromatic rings. The van der Waals surface area contributed by atoms with E-state index in [1.165, 1.54) is 31.3 Å². The molecule has 3 unspecified atom stereocenters. The zero-order valence-corrected chi connectivity index (χ0v) is 12.7. The Labute approximate surface area is 113 Å². The van der Waals surface area contributed by atoms with Crippen molar-refractivity contribution in [2.45, 2.75) is 70.9 Å². The molecular formula is C16H31NO. The van der Waals surface area contributed by atoms with Gasteiger partial charge < -0.3 is 10.1 Å². The normalized spacial score (nSPS) is 30.1. The average Bonchev–Trinajstić information content (AvgIpc) is 2.29. The lowest BCUT2D eigenvalue weighted by Gasteiger charge is -2.45. The van der Waals surface area contributed by atoms with Crippen LogP contribution in [0.25, 0.3) is 0 Å². The summed E-state index contributed by atoms with van der Waals surface area (Å²) in [5, 5.41) is 3.51. The molecule has 0 aliphatic heterocycles. The maximum Gasteiger partial charge on any atom is 0.0837 e. The van der Waals surface area contributed by atoms with E-state index >= 15 is 0 Å². The highest BCUT2D eigenvalue weighted by molar-refractivity contribution is 4.99. The summed E-state index contributed by atoms with van der Waals surface area (Å²) in [4.78, 5) is 0. The molecule has 0 radical (unpaired) electrons. The van der Waals surface area contributed by atoms with E-state index in [4.69, 9.17) is 4.74 Å². The number of ether oxygens (including phenoxy) is 1.